The normalized spacial score (nSPS) is 18.9. The molecular formula is C14H28N2O. The molecule has 1 aliphatic carbocycles. The second-order valence-electron chi connectivity index (χ2n) is 5.35. The van der Waals surface area contributed by atoms with Crippen molar-refractivity contribution in [1.29, 1.82) is 0 Å². The van der Waals surface area contributed by atoms with Crippen molar-refractivity contribution in [1.82, 2.24) is 5.32 Å². The number of amides is 1. The van der Waals surface area contributed by atoms with Gasteiger partial charge in [0, 0.05) is 12.5 Å². The van der Waals surface area contributed by atoms with Gasteiger partial charge < -0.3 is 11.1 Å². The Morgan fingerprint density at radius 1 is 1.24 bits per heavy atom. The van der Waals surface area contributed by atoms with Crippen LogP contribution in [0.1, 0.15) is 64.7 Å². The van der Waals surface area contributed by atoms with Crippen molar-refractivity contribution < 1.29 is 4.79 Å². The van der Waals surface area contributed by atoms with E-state index in [2.05, 4.69) is 12.2 Å². The van der Waals surface area contributed by atoms with Crippen molar-refractivity contribution in [3.05, 3.63) is 0 Å². The van der Waals surface area contributed by atoms with Crippen LogP contribution in [0, 0.1) is 5.92 Å². The highest BCUT2D eigenvalue weighted by molar-refractivity contribution is 5.76. The predicted octanol–water partition coefficient (Wildman–Crippen LogP) is 2.59. The second-order valence-corrected chi connectivity index (χ2v) is 5.35. The predicted molar refractivity (Wildman–Crippen MR) is 71.7 cm³/mol. The molecule has 1 rings (SSSR count). The van der Waals surface area contributed by atoms with Gasteiger partial charge in [0.05, 0.1) is 0 Å². The monoisotopic (exact) mass is 240 g/mol. The van der Waals surface area contributed by atoms with Gasteiger partial charge in [0.1, 0.15) is 0 Å². The molecule has 100 valence electrons. The Morgan fingerprint density at radius 2 is 1.94 bits per heavy atom. The molecular weight excluding hydrogens is 212 g/mol. The lowest BCUT2D eigenvalue weighted by atomic mass is 9.84. The van der Waals surface area contributed by atoms with Crippen molar-refractivity contribution in [2.24, 2.45) is 11.7 Å². The number of carbonyl (C=O) groups excluding carboxylic acids is 1. The molecule has 0 saturated heterocycles. The number of hydrogen-bond donors (Lipinski definition) is 2. The summed E-state index contributed by atoms with van der Waals surface area (Å²) >= 11 is 0. The van der Waals surface area contributed by atoms with Crippen molar-refractivity contribution in [2.45, 2.75) is 70.8 Å². The SMILES string of the molecule is C[C@@H](NC(=O)CCCCCN)C1CCCCC1. The molecule has 3 N–H and O–H groups in total. The average Bonchev–Trinajstić information content (AvgIpc) is 2.36. The van der Waals surface area contributed by atoms with Crippen LogP contribution in [-0.4, -0.2) is 18.5 Å². The fraction of sp³-hybridized carbons (Fsp3) is 0.929. The van der Waals surface area contributed by atoms with Crippen molar-refractivity contribution >= 4 is 5.91 Å². The molecule has 0 radical (unpaired) electrons. The first-order chi connectivity index (χ1) is 8.24. The molecule has 1 amide bonds. The van der Waals surface area contributed by atoms with Gasteiger partial charge in [-0.1, -0.05) is 25.7 Å². The minimum absolute atomic E-state index is 0.222. The van der Waals surface area contributed by atoms with Crippen LogP contribution in [0.5, 0.6) is 0 Å². The van der Waals surface area contributed by atoms with Gasteiger partial charge >= 0.3 is 0 Å². The maximum Gasteiger partial charge on any atom is 0.220 e. The van der Waals surface area contributed by atoms with E-state index in [9.17, 15) is 4.79 Å². The van der Waals surface area contributed by atoms with Crippen LogP contribution in [0.25, 0.3) is 0 Å². The van der Waals surface area contributed by atoms with Gasteiger partial charge in [0.2, 0.25) is 5.91 Å². The fourth-order valence-electron chi connectivity index (χ4n) is 2.68. The van der Waals surface area contributed by atoms with Gasteiger partial charge in [0.15, 0.2) is 0 Å². The van der Waals surface area contributed by atoms with E-state index in [4.69, 9.17) is 5.73 Å². The average molecular weight is 240 g/mol. The molecule has 3 nitrogen and oxygen atoms in total. The Hall–Kier alpha value is -0.570. The highest BCUT2D eigenvalue weighted by Gasteiger charge is 2.20. The Morgan fingerprint density at radius 3 is 2.59 bits per heavy atom. The third-order valence-corrected chi connectivity index (χ3v) is 3.85. The van der Waals surface area contributed by atoms with Crippen LogP contribution in [0.2, 0.25) is 0 Å². The standard InChI is InChI=1S/C14H28N2O/c1-12(13-8-4-2-5-9-13)16-14(17)10-6-3-7-11-15/h12-13H,2-11,15H2,1H3,(H,16,17)/t12-/m1/s1. The maximum atomic E-state index is 11.7. The molecule has 1 atom stereocenters. The summed E-state index contributed by atoms with van der Waals surface area (Å²) in [7, 11) is 0. The highest BCUT2D eigenvalue weighted by atomic mass is 16.1. The molecule has 0 spiro atoms. The molecule has 0 heterocycles. The summed E-state index contributed by atoms with van der Waals surface area (Å²) in [6.45, 7) is 2.90. The largest absolute Gasteiger partial charge is 0.353 e. The zero-order chi connectivity index (χ0) is 12.5. The lowest BCUT2D eigenvalue weighted by molar-refractivity contribution is -0.122. The highest BCUT2D eigenvalue weighted by Crippen LogP contribution is 2.26. The quantitative estimate of drug-likeness (QED) is 0.672. The summed E-state index contributed by atoms with van der Waals surface area (Å²) in [6.07, 6.45) is 10.4. The topological polar surface area (TPSA) is 55.1 Å². The summed E-state index contributed by atoms with van der Waals surface area (Å²) in [5.41, 5.74) is 5.42. The van der Waals surface area contributed by atoms with Crippen LogP contribution in [0.4, 0.5) is 0 Å². The molecule has 3 heteroatoms. The minimum Gasteiger partial charge on any atom is -0.353 e. The van der Waals surface area contributed by atoms with Gasteiger partial charge in [-0.3, -0.25) is 4.79 Å². The van der Waals surface area contributed by atoms with E-state index in [0.29, 0.717) is 18.4 Å². The molecule has 0 bridgehead atoms. The van der Waals surface area contributed by atoms with E-state index in [-0.39, 0.29) is 5.91 Å². The summed E-state index contributed by atoms with van der Waals surface area (Å²) in [5, 5.41) is 3.16. The first-order valence-corrected chi connectivity index (χ1v) is 7.23. The molecule has 0 aromatic heterocycles. The van der Waals surface area contributed by atoms with Crippen LogP contribution in [-0.2, 0) is 4.79 Å². The summed E-state index contributed by atoms with van der Waals surface area (Å²) < 4.78 is 0. The number of hydrogen-bond acceptors (Lipinski definition) is 2. The second kappa shape index (κ2) is 8.51. The van der Waals surface area contributed by atoms with Gasteiger partial charge in [-0.2, -0.15) is 0 Å². The molecule has 17 heavy (non-hydrogen) atoms. The van der Waals surface area contributed by atoms with Gasteiger partial charge in [-0.05, 0) is 45.1 Å². The maximum absolute atomic E-state index is 11.7. The van der Waals surface area contributed by atoms with E-state index >= 15 is 0 Å². The number of nitrogens with two attached hydrogens (primary N) is 1. The van der Waals surface area contributed by atoms with Crippen LogP contribution < -0.4 is 11.1 Å². The van der Waals surface area contributed by atoms with E-state index in [0.717, 1.165) is 25.8 Å². The number of rotatable bonds is 7. The van der Waals surface area contributed by atoms with Gasteiger partial charge in [-0.25, -0.2) is 0 Å². The first-order valence-electron chi connectivity index (χ1n) is 7.23. The molecule has 1 aliphatic rings. The number of unbranched alkanes of at least 4 members (excludes halogenated alkanes) is 2. The number of nitrogens with one attached hydrogen (secondary N) is 1. The van der Waals surface area contributed by atoms with E-state index in [1.54, 1.807) is 0 Å². The Kier molecular flexibility index (Phi) is 7.25. The van der Waals surface area contributed by atoms with Crippen LogP contribution in [0.15, 0.2) is 0 Å². The third kappa shape index (κ3) is 6.06. The van der Waals surface area contributed by atoms with E-state index < -0.39 is 0 Å². The Balaban J connectivity index is 2.11. The third-order valence-electron chi connectivity index (χ3n) is 3.85. The Bertz CT molecular complexity index is 212. The minimum atomic E-state index is 0.222. The number of carbonyl (C=O) groups is 1. The van der Waals surface area contributed by atoms with Crippen molar-refractivity contribution in [2.75, 3.05) is 6.54 Å². The zero-order valence-electron chi connectivity index (χ0n) is 11.2. The molecule has 0 unspecified atom stereocenters. The lowest BCUT2D eigenvalue weighted by Crippen LogP contribution is -2.38. The molecule has 0 aliphatic heterocycles. The first kappa shape index (κ1) is 14.5. The molecule has 0 aromatic carbocycles. The Labute approximate surface area is 106 Å². The smallest absolute Gasteiger partial charge is 0.220 e. The fourth-order valence-corrected chi connectivity index (χ4v) is 2.68. The molecule has 0 aromatic rings. The molecule has 1 saturated carbocycles. The van der Waals surface area contributed by atoms with E-state index in [1.807, 2.05) is 0 Å². The lowest BCUT2D eigenvalue weighted by Gasteiger charge is -2.28. The van der Waals surface area contributed by atoms with Crippen molar-refractivity contribution in [3.63, 3.8) is 0 Å². The van der Waals surface area contributed by atoms with E-state index in [1.165, 1.54) is 32.1 Å². The van der Waals surface area contributed by atoms with Gasteiger partial charge in [-0.15, -0.1) is 0 Å². The summed E-state index contributed by atoms with van der Waals surface area (Å²) in [4.78, 5) is 11.7. The summed E-state index contributed by atoms with van der Waals surface area (Å²) in [5.74, 6) is 0.928. The van der Waals surface area contributed by atoms with Crippen LogP contribution >= 0.6 is 0 Å². The zero-order valence-corrected chi connectivity index (χ0v) is 11.2. The van der Waals surface area contributed by atoms with Gasteiger partial charge in [0.25, 0.3) is 0 Å². The van der Waals surface area contributed by atoms with Crippen molar-refractivity contribution in [3.8, 4) is 0 Å². The molecule has 1 fully saturated rings. The van der Waals surface area contributed by atoms with Crippen LogP contribution in [0.3, 0.4) is 0 Å². The summed E-state index contributed by atoms with van der Waals surface area (Å²) in [6, 6.07) is 0.359.